The Balaban J connectivity index is 1.43. The van der Waals surface area contributed by atoms with Gasteiger partial charge in [-0.3, -0.25) is 4.79 Å². The number of halogens is 3. The minimum atomic E-state index is -4.53. The van der Waals surface area contributed by atoms with E-state index in [-0.39, 0.29) is 17.2 Å². The number of aromatic nitrogens is 3. The Morgan fingerprint density at radius 3 is 2.51 bits per heavy atom. The number of nitrogen functional groups attached to an aromatic ring is 1. The highest BCUT2D eigenvalue weighted by Gasteiger charge is 2.30. The van der Waals surface area contributed by atoms with Gasteiger partial charge in [0.05, 0.1) is 23.8 Å². The van der Waals surface area contributed by atoms with Gasteiger partial charge in [0.25, 0.3) is 5.91 Å². The van der Waals surface area contributed by atoms with Gasteiger partial charge < -0.3 is 26.0 Å². The van der Waals surface area contributed by atoms with Crippen LogP contribution in [-0.4, -0.2) is 54.1 Å². The molecular formula is C33H30F3N7O2. The highest BCUT2D eigenvalue weighted by atomic mass is 19.4. The van der Waals surface area contributed by atoms with Crippen LogP contribution in [-0.2, 0) is 6.18 Å². The van der Waals surface area contributed by atoms with Crippen LogP contribution in [0.15, 0.2) is 73.1 Å². The van der Waals surface area contributed by atoms with Crippen LogP contribution < -0.4 is 26.0 Å². The Hall–Kier alpha value is -5.23. The highest BCUT2D eigenvalue weighted by Crippen LogP contribution is 2.45. The number of hydrogen-bond acceptors (Lipinski definition) is 8. The van der Waals surface area contributed by atoms with Crippen LogP contribution in [0.1, 0.15) is 21.5 Å². The maximum absolute atomic E-state index is 13.3. The zero-order valence-corrected chi connectivity index (χ0v) is 24.6. The Bertz CT molecular complexity index is 1890. The summed E-state index contributed by atoms with van der Waals surface area (Å²) < 4.78 is 45.7. The predicted octanol–water partition coefficient (Wildman–Crippen LogP) is 5.94. The molecule has 5 aromatic rings. The van der Waals surface area contributed by atoms with Crippen LogP contribution in [0, 0.1) is 6.92 Å². The zero-order valence-electron chi connectivity index (χ0n) is 24.6. The van der Waals surface area contributed by atoms with E-state index in [9.17, 15) is 18.0 Å². The monoisotopic (exact) mass is 613 g/mol. The first-order valence-corrected chi connectivity index (χ1v) is 14.3. The number of fused-ring (bicyclic) bond motifs is 1. The lowest BCUT2D eigenvalue weighted by Gasteiger charge is -2.28. The molecule has 1 amide bonds. The summed E-state index contributed by atoms with van der Waals surface area (Å²) in [5.74, 6) is 0.910. The van der Waals surface area contributed by atoms with Gasteiger partial charge in [-0.15, -0.1) is 0 Å². The van der Waals surface area contributed by atoms with Gasteiger partial charge in [-0.1, -0.05) is 12.1 Å². The summed E-state index contributed by atoms with van der Waals surface area (Å²) in [4.78, 5) is 29.0. The van der Waals surface area contributed by atoms with Crippen LogP contribution in [0.3, 0.4) is 0 Å². The van der Waals surface area contributed by atoms with Gasteiger partial charge in [0.2, 0.25) is 5.95 Å². The number of methoxy groups -OCH3 is 1. The first-order valence-electron chi connectivity index (χ1n) is 14.3. The van der Waals surface area contributed by atoms with E-state index in [0.29, 0.717) is 33.3 Å². The molecule has 3 aromatic carbocycles. The van der Waals surface area contributed by atoms with Crippen molar-refractivity contribution < 1.29 is 22.7 Å². The number of pyridine rings is 1. The second-order valence-corrected chi connectivity index (χ2v) is 10.7. The molecule has 1 fully saturated rings. The van der Waals surface area contributed by atoms with E-state index in [2.05, 4.69) is 25.5 Å². The van der Waals surface area contributed by atoms with Crippen LogP contribution >= 0.6 is 0 Å². The molecule has 3 heterocycles. The van der Waals surface area contributed by atoms with Gasteiger partial charge in [0.15, 0.2) is 0 Å². The van der Waals surface area contributed by atoms with Crippen molar-refractivity contribution in [3.63, 3.8) is 0 Å². The first kappa shape index (κ1) is 29.8. The number of benzene rings is 3. The number of nitrogens with zero attached hydrogens (tertiary/aromatic N) is 4. The van der Waals surface area contributed by atoms with Crippen molar-refractivity contribution in [2.75, 3.05) is 49.2 Å². The number of aryl methyl sites for hydroxylation is 1. The van der Waals surface area contributed by atoms with Gasteiger partial charge in [0, 0.05) is 66.3 Å². The van der Waals surface area contributed by atoms with Gasteiger partial charge in [-0.05, 0) is 66.6 Å². The molecule has 230 valence electrons. The first-order chi connectivity index (χ1) is 21.6. The number of carbonyl (C=O) groups excluding carboxylic acids is 1. The van der Waals surface area contributed by atoms with Crippen LogP contribution in [0.25, 0.3) is 33.2 Å². The van der Waals surface area contributed by atoms with Gasteiger partial charge in [0.1, 0.15) is 11.6 Å². The lowest BCUT2D eigenvalue weighted by molar-refractivity contribution is -0.137. The van der Waals surface area contributed by atoms with E-state index in [1.807, 2.05) is 25.1 Å². The zero-order chi connectivity index (χ0) is 31.7. The molecule has 1 aliphatic heterocycles. The number of ether oxygens (including phenoxy) is 1. The Morgan fingerprint density at radius 1 is 1.00 bits per heavy atom. The Labute approximate surface area is 257 Å². The largest absolute Gasteiger partial charge is 0.495 e. The van der Waals surface area contributed by atoms with Crippen molar-refractivity contribution in [3.05, 3.63) is 89.7 Å². The number of alkyl halides is 3. The second-order valence-electron chi connectivity index (χ2n) is 10.7. The van der Waals surface area contributed by atoms with Crippen molar-refractivity contribution >= 4 is 34.3 Å². The van der Waals surface area contributed by atoms with E-state index in [0.717, 1.165) is 55.3 Å². The molecule has 0 bridgehead atoms. The average molecular weight is 614 g/mol. The molecule has 0 spiro atoms. The van der Waals surface area contributed by atoms with Gasteiger partial charge in [-0.25, -0.2) is 15.0 Å². The average Bonchev–Trinajstić information content (AvgIpc) is 3.04. The number of carbonyl (C=O) groups is 1. The van der Waals surface area contributed by atoms with E-state index in [1.54, 1.807) is 37.7 Å². The molecule has 0 unspecified atom stereocenters. The molecule has 4 N–H and O–H groups in total. The molecule has 0 aliphatic carbocycles. The molecule has 45 heavy (non-hydrogen) atoms. The Morgan fingerprint density at radius 2 is 1.80 bits per heavy atom. The molecule has 1 aliphatic rings. The van der Waals surface area contributed by atoms with Crippen molar-refractivity contribution in [1.82, 2.24) is 20.3 Å². The predicted molar refractivity (Wildman–Crippen MR) is 168 cm³/mol. The summed E-state index contributed by atoms with van der Waals surface area (Å²) in [6, 6.07) is 15.4. The molecule has 9 nitrogen and oxygen atoms in total. The number of hydrogen-bond donors (Lipinski definition) is 3. The lowest BCUT2D eigenvalue weighted by atomic mass is 9.91. The maximum atomic E-state index is 13.3. The van der Waals surface area contributed by atoms with E-state index in [4.69, 9.17) is 15.5 Å². The molecule has 0 radical (unpaired) electrons. The molecule has 12 heteroatoms. The van der Waals surface area contributed by atoms with E-state index >= 15 is 0 Å². The fraction of sp³-hybridized carbons (Fsp3) is 0.212. The van der Waals surface area contributed by atoms with Crippen molar-refractivity contribution in [2.45, 2.75) is 13.1 Å². The summed E-state index contributed by atoms with van der Waals surface area (Å²) >= 11 is 0. The summed E-state index contributed by atoms with van der Waals surface area (Å²) in [7, 11) is 1.56. The smallest absolute Gasteiger partial charge is 0.416 e. The number of piperazine rings is 1. The highest BCUT2D eigenvalue weighted by molar-refractivity contribution is 6.07. The van der Waals surface area contributed by atoms with Crippen molar-refractivity contribution in [2.24, 2.45) is 0 Å². The van der Waals surface area contributed by atoms with E-state index in [1.165, 1.54) is 12.1 Å². The third-order valence-corrected chi connectivity index (χ3v) is 7.76. The van der Waals surface area contributed by atoms with Gasteiger partial charge in [-0.2, -0.15) is 13.2 Å². The van der Waals surface area contributed by atoms with Gasteiger partial charge >= 0.3 is 6.18 Å². The summed E-state index contributed by atoms with van der Waals surface area (Å²) in [6.45, 7) is 5.38. The molecule has 6 rings (SSSR count). The molecule has 0 saturated carbocycles. The third-order valence-electron chi connectivity index (χ3n) is 7.76. The Kier molecular flexibility index (Phi) is 7.98. The number of anilines is 3. The van der Waals surface area contributed by atoms with Crippen LogP contribution in [0.2, 0.25) is 0 Å². The molecular weight excluding hydrogens is 583 g/mol. The lowest BCUT2D eigenvalue weighted by Crippen LogP contribution is -2.43. The number of nitrogens with two attached hydrogens (primary N) is 1. The number of nitrogens with one attached hydrogen (secondary N) is 2. The fourth-order valence-corrected chi connectivity index (χ4v) is 5.50. The minimum Gasteiger partial charge on any atom is -0.495 e. The van der Waals surface area contributed by atoms with Crippen molar-refractivity contribution in [3.8, 4) is 28.0 Å². The minimum absolute atomic E-state index is 0.0361. The maximum Gasteiger partial charge on any atom is 0.416 e. The third kappa shape index (κ3) is 6.09. The summed E-state index contributed by atoms with van der Waals surface area (Å²) in [5, 5.41) is 6.62. The number of amides is 1. The summed E-state index contributed by atoms with van der Waals surface area (Å²) in [5.41, 5.74) is 9.66. The molecule has 2 aromatic heterocycles. The second kappa shape index (κ2) is 12.0. The summed E-state index contributed by atoms with van der Waals surface area (Å²) in [6.07, 6.45) is -1.12. The standard InChI is InChI=1S/C33H30F3N7O2/c1-19-6-7-20(31(44)41-24-5-3-4-23(16-24)33(34,35)36)14-25(19)26-15-22-18-40-32(37)42-29(22)28(30(26)45-2)21-8-9-27(39-17-21)43-12-10-38-11-13-43/h3-9,14-18,38H,10-13H2,1-2H3,(H,41,44)(H2,37,40,42). The normalized spacial score (nSPS) is 13.6. The molecule has 0 atom stereocenters. The fourth-order valence-electron chi connectivity index (χ4n) is 5.50. The topological polar surface area (TPSA) is 118 Å². The van der Waals surface area contributed by atoms with Crippen molar-refractivity contribution in [1.29, 1.82) is 0 Å². The SMILES string of the molecule is COc1c(-c2cc(C(=O)Nc3cccc(C(F)(F)F)c3)ccc2C)cc2cnc(N)nc2c1-c1ccc(N2CCNCC2)nc1. The van der Waals surface area contributed by atoms with E-state index < -0.39 is 17.6 Å². The quantitative estimate of drug-likeness (QED) is 0.216. The molecule has 1 saturated heterocycles. The van der Waals surface area contributed by atoms with Crippen LogP contribution in [0.5, 0.6) is 5.75 Å². The number of rotatable bonds is 6. The van der Waals surface area contributed by atoms with Crippen LogP contribution in [0.4, 0.5) is 30.6 Å².